The molecule has 17 heavy (non-hydrogen) atoms. The van der Waals surface area contributed by atoms with Crippen molar-refractivity contribution in [3.8, 4) is 0 Å². The first-order chi connectivity index (χ1) is 8.11. The monoisotopic (exact) mass is 240 g/mol. The summed E-state index contributed by atoms with van der Waals surface area (Å²) in [6.45, 7) is 2.59. The highest BCUT2D eigenvalue weighted by molar-refractivity contribution is 5.69. The largest absolute Gasteiger partial charge is 0.481 e. The maximum Gasteiger partial charge on any atom is 0.307 e. The number of aromatic nitrogens is 2. The number of carbonyl (C=O) groups is 2. The first-order valence-electron chi connectivity index (χ1n) is 5.50. The van der Waals surface area contributed by atoms with Gasteiger partial charge in [-0.3, -0.25) is 14.3 Å². The van der Waals surface area contributed by atoms with E-state index in [-0.39, 0.29) is 18.8 Å². The Balaban J connectivity index is 2.35. The molecule has 0 spiro atoms. The smallest absolute Gasteiger partial charge is 0.307 e. The summed E-state index contributed by atoms with van der Waals surface area (Å²) < 4.78 is 6.41. The van der Waals surface area contributed by atoms with Gasteiger partial charge in [-0.1, -0.05) is 0 Å². The predicted octanol–water partition coefficient (Wildman–Crippen LogP) is 0.854. The van der Waals surface area contributed by atoms with E-state index >= 15 is 0 Å². The minimum absolute atomic E-state index is 0.0869. The molecule has 0 atom stereocenters. The van der Waals surface area contributed by atoms with E-state index in [1.165, 1.54) is 0 Å². The van der Waals surface area contributed by atoms with Crippen molar-refractivity contribution in [1.29, 1.82) is 0 Å². The van der Waals surface area contributed by atoms with Gasteiger partial charge in [0.25, 0.3) is 0 Å². The molecule has 0 aliphatic carbocycles. The summed E-state index contributed by atoms with van der Waals surface area (Å²) in [5.74, 6) is -1.08. The van der Waals surface area contributed by atoms with Crippen molar-refractivity contribution < 1.29 is 19.4 Å². The molecule has 0 amide bonds. The summed E-state index contributed by atoms with van der Waals surface area (Å²) in [6.07, 6.45) is 4.18. The fourth-order valence-corrected chi connectivity index (χ4v) is 1.35. The van der Waals surface area contributed by atoms with Crippen LogP contribution in [-0.4, -0.2) is 33.4 Å². The van der Waals surface area contributed by atoms with Crippen LogP contribution in [0.2, 0.25) is 0 Å². The van der Waals surface area contributed by atoms with Gasteiger partial charge in [0.05, 0.1) is 25.8 Å². The van der Waals surface area contributed by atoms with Crippen LogP contribution in [0.25, 0.3) is 0 Å². The van der Waals surface area contributed by atoms with Gasteiger partial charge < -0.3 is 9.84 Å². The zero-order valence-corrected chi connectivity index (χ0v) is 9.76. The van der Waals surface area contributed by atoms with Crippen molar-refractivity contribution in [3.63, 3.8) is 0 Å². The first-order valence-corrected chi connectivity index (χ1v) is 5.50. The molecule has 1 rings (SSSR count). The molecule has 0 saturated heterocycles. The average molecular weight is 240 g/mol. The Morgan fingerprint density at radius 1 is 1.47 bits per heavy atom. The third-order valence-corrected chi connectivity index (χ3v) is 2.16. The number of carboxylic acids is 1. The van der Waals surface area contributed by atoms with Crippen LogP contribution >= 0.6 is 0 Å². The molecule has 0 aliphatic rings. The number of hydrogen-bond acceptors (Lipinski definition) is 4. The normalized spacial score (nSPS) is 10.2. The van der Waals surface area contributed by atoms with E-state index in [0.717, 1.165) is 5.56 Å². The molecule has 0 unspecified atom stereocenters. The molecule has 0 bridgehead atoms. The lowest BCUT2D eigenvalue weighted by molar-refractivity contribution is -0.143. The third-order valence-electron chi connectivity index (χ3n) is 2.16. The first kappa shape index (κ1) is 13.2. The molecule has 0 fully saturated rings. The number of aryl methyl sites for hydroxylation is 2. The van der Waals surface area contributed by atoms with Crippen LogP contribution in [0.5, 0.6) is 0 Å². The van der Waals surface area contributed by atoms with Crippen LogP contribution in [0.3, 0.4) is 0 Å². The Hall–Kier alpha value is -1.85. The van der Waals surface area contributed by atoms with Crippen molar-refractivity contribution in [2.75, 3.05) is 6.61 Å². The van der Waals surface area contributed by atoms with E-state index in [1.54, 1.807) is 24.0 Å². The van der Waals surface area contributed by atoms with Gasteiger partial charge in [-0.05, 0) is 18.9 Å². The predicted molar refractivity (Wildman–Crippen MR) is 59.4 cm³/mol. The van der Waals surface area contributed by atoms with Crippen LogP contribution in [-0.2, 0) is 27.3 Å². The van der Waals surface area contributed by atoms with Crippen LogP contribution in [0.15, 0.2) is 12.4 Å². The van der Waals surface area contributed by atoms with E-state index in [0.29, 0.717) is 19.6 Å². The number of rotatable bonds is 7. The topological polar surface area (TPSA) is 81.4 Å². The molecule has 6 heteroatoms. The summed E-state index contributed by atoms with van der Waals surface area (Å²) in [5.41, 5.74) is 0.858. The molecule has 1 aromatic rings. The SMILES string of the molecule is CCOC(=O)CCn1cc(CCC(=O)O)cn1. The summed E-state index contributed by atoms with van der Waals surface area (Å²) in [7, 11) is 0. The lowest BCUT2D eigenvalue weighted by Gasteiger charge is -2.01. The van der Waals surface area contributed by atoms with Gasteiger partial charge in [0.15, 0.2) is 0 Å². The maximum absolute atomic E-state index is 11.1. The van der Waals surface area contributed by atoms with Gasteiger partial charge in [-0.25, -0.2) is 0 Å². The Kier molecular flexibility index (Phi) is 5.19. The van der Waals surface area contributed by atoms with Gasteiger partial charge in [0.2, 0.25) is 0 Å². The van der Waals surface area contributed by atoms with E-state index < -0.39 is 5.97 Å². The second-order valence-corrected chi connectivity index (χ2v) is 3.56. The molecule has 1 N–H and O–H groups in total. The number of carbonyl (C=O) groups excluding carboxylic acids is 1. The molecule has 0 radical (unpaired) electrons. The van der Waals surface area contributed by atoms with Crippen molar-refractivity contribution in [2.45, 2.75) is 32.7 Å². The van der Waals surface area contributed by atoms with Crippen LogP contribution in [0, 0.1) is 0 Å². The average Bonchev–Trinajstić information content (AvgIpc) is 2.72. The lowest BCUT2D eigenvalue weighted by Crippen LogP contribution is -2.09. The Morgan fingerprint density at radius 2 is 2.24 bits per heavy atom. The van der Waals surface area contributed by atoms with Crippen LogP contribution in [0.4, 0.5) is 0 Å². The molecule has 0 aromatic carbocycles. The second-order valence-electron chi connectivity index (χ2n) is 3.56. The van der Waals surface area contributed by atoms with E-state index in [9.17, 15) is 9.59 Å². The summed E-state index contributed by atoms with van der Waals surface area (Å²) in [6, 6.07) is 0. The summed E-state index contributed by atoms with van der Waals surface area (Å²) in [5, 5.41) is 12.6. The molecule has 94 valence electrons. The Labute approximate surface area is 99.2 Å². The fraction of sp³-hybridized carbons (Fsp3) is 0.545. The molecular formula is C11H16N2O4. The minimum Gasteiger partial charge on any atom is -0.481 e. The zero-order chi connectivity index (χ0) is 12.7. The number of aliphatic carboxylic acids is 1. The Morgan fingerprint density at radius 3 is 2.88 bits per heavy atom. The molecule has 0 saturated carbocycles. The number of nitrogens with zero attached hydrogens (tertiary/aromatic N) is 2. The van der Waals surface area contributed by atoms with Crippen LogP contribution in [0.1, 0.15) is 25.3 Å². The lowest BCUT2D eigenvalue weighted by atomic mass is 10.2. The van der Waals surface area contributed by atoms with Crippen molar-refractivity contribution in [3.05, 3.63) is 18.0 Å². The van der Waals surface area contributed by atoms with E-state index in [4.69, 9.17) is 9.84 Å². The molecule has 6 nitrogen and oxygen atoms in total. The van der Waals surface area contributed by atoms with Gasteiger partial charge in [-0.2, -0.15) is 5.10 Å². The molecule has 0 aliphatic heterocycles. The minimum atomic E-state index is -0.829. The molecule has 1 aromatic heterocycles. The third kappa shape index (κ3) is 5.14. The number of esters is 1. The van der Waals surface area contributed by atoms with Crippen LogP contribution < -0.4 is 0 Å². The molecular weight excluding hydrogens is 224 g/mol. The van der Waals surface area contributed by atoms with Gasteiger partial charge in [0, 0.05) is 12.6 Å². The van der Waals surface area contributed by atoms with Crippen molar-refractivity contribution in [2.24, 2.45) is 0 Å². The second kappa shape index (κ2) is 6.67. The van der Waals surface area contributed by atoms with Gasteiger partial charge in [0.1, 0.15) is 0 Å². The van der Waals surface area contributed by atoms with Crippen molar-refractivity contribution >= 4 is 11.9 Å². The highest BCUT2D eigenvalue weighted by Crippen LogP contribution is 2.03. The Bertz CT molecular complexity index is 387. The highest BCUT2D eigenvalue weighted by Gasteiger charge is 2.05. The highest BCUT2D eigenvalue weighted by atomic mass is 16.5. The standard InChI is InChI=1S/C11H16N2O4/c1-2-17-11(16)5-6-13-8-9(7-12-13)3-4-10(14)15/h7-8H,2-6H2,1H3,(H,14,15). The summed E-state index contributed by atoms with van der Waals surface area (Å²) in [4.78, 5) is 21.5. The van der Waals surface area contributed by atoms with E-state index in [1.807, 2.05) is 0 Å². The summed E-state index contributed by atoms with van der Waals surface area (Å²) >= 11 is 0. The maximum atomic E-state index is 11.1. The molecule has 1 heterocycles. The van der Waals surface area contributed by atoms with Crippen molar-refractivity contribution in [1.82, 2.24) is 9.78 Å². The number of carboxylic acid groups (broad SMARTS) is 1. The van der Waals surface area contributed by atoms with E-state index in [2.05, 4.69) is 5.10 Å². The quantitative estimate of drug-likeness (QED) is 0.714. The number of ether oxygens (including phenoxy) is 1. The number of hydrogen-bond donors (Lipinski definition) is 1. The van der Waals surface area contributed by atoms with Gasteiger partial charge in [-0.15, -0.1) is 0 Å². The zero-order valence-electron chi connectivity index (χ0n) is 9.76. The van der Waals surface area contributed by atoms with Gasteiger partial charge >= 0.3 is 11.9 Å². The fourth-order valence-electron chi connectivity index (χ4n) is 1.35.